The Kier molecular flexibility index (Phi) is 7.91. The molecule has 9 heteroatoms. The van der Waals surface area contributed by atoms with Gasteiger partial charge in [-0.3, -0.25) is 10.1 Å². The second-order valence-electron chi connectivity index (χ2n) is 8.36. The van der Waals surface area contributed by atoms with Crippen LogP contribution in [0.1, 0.15) is 36.7 Å². The van der Waals surface area contributed by atoms with Crippen molar-refractivity contribution in [1.82, 2.24) is 5.32 Å². The number of ether oxygens (including phenoxy) is 2. The van der Waals surface area contributed by atoms with Gasteiger partial charge in [-0.2, -0.15) is 0 Å². The molecule has 1 aromatic heterocycles. The van der Waals surface area contributed by atoms with E-state index in [0.29, 0.717) is 16.9 Å². The van der Waals surface area contributed by atoms with Crippen molar-refractivity contribution in [1.29, 1.82) is 0 Å². The number of methoxy groups -OCH3 is 1. The number of rotatable bonds is 6. The molecule has 178 valence electrons. The number of carbonyl (C=O) groups excluding carboxylic acids is 3. The van der Waals surface area contributed by atoms with E-state index in [9.17, 15) is 14.4 Å². The van der Waals surface area contributed by atoms with Crippen LogP contribution in [0.25, 0.3) is 10.4 Å². The average molecular weight is 482 g/mol. The SMILES string of the molecule is COC(=O)NCc1ccc(C(=O)Nc2cc(-c3cccs3)ccc2NC(=O)OC(C)(C)C)cc1. The Hall–Kier alpha value is -3.85. The molecule has 0 saturated heterocycles. The van der Waals surface area contributed by atoms with Gasteiger partial charge in [0.2, 0.25) is 0 Å². The highest BCUT2D eigenvalue weighted by Gasteiger charge is 2.18. The zero-order valence-electron chi connectivity index (χ0n) is 19.4. The molecule has 8 nitrogen and oxygen atoms in total. The number of anilines is 2. The van der Waals surface area contributed by atoms with Gasteiger partial charge in [0.15, 0.2) is 0 Å². The monoisotopic (exact) mass is 481 g/mol. The zero-order valence-corrected chi connectivity index (χ0v) is 20.2. The Morgan fingerprint density at radius 3 is 2.26 bits per heavy atom. The summed E-state index contributed by atoms with van der Waals surface area (Å²) < 4.78 is 9.90. The Balaban J connectivity index is 1.80. The van der Waals surface area contributed by atoms with Gasteiger partial charge in [0, 0.05) is 17.0 Å². The van der Waals surface area contributed by atoms with Crippen molar-refractivity contribution >= 4 is 40.8 Å². The third-order valence-electron chi connectivity index (χ3n) is 4.55. The van der Waals surface area contributed by atoms with Gasteiger partial charge in [-0.15, -0.1) is 11.3 Å². The molecule has 0 spiro atoms. The number of nitrogens with one attached hydrogen (secondary N) is 3. The highest BCUT2D eigenvalue weighted by atomic mass is 32.1. The number of alkyl carbamates (subject to hydrolysis) is 1. The summed E-state index contributed by atoms with van der Waals surface area (Å²) in [5, 5.41) is 10.2. The minimum Gasteiger partial charge on any atom is -0.453 e. The molecule has 3 aromatic rings. The second-order valence-corrected chi connectivity index (χ2v) is 9.31. The van der Waals surface area contributed by atoms with Crippen LogP contribution in [0.15, 0.2) is 60.0 Å². The largest absolute Gasteiger partial charge is 0.453 e. The first-order chi connectivity index (χ1) is 16.1. The Labute approximate surface area is 202 Å². The van der Waals surface area contributed by atoms with E-state index in [4.69, 9.17) is 4.74 Å². The van der Waals surface area contributed by atoms with Crippen molar-refractivity contribution in [3.05, 3.63) is 71.1 Å². The van der Waals surface area contributed by atoms with Crippen molar-refractivity contribution in [2.24, 2.45) is 0 Å². The lowest BCUT2D eigenvalue weighted by Gasteiger charge is -2.21. The van der Waals surface area contributed by atoms with Gasteiger partial charge in [0.25, 0.3) is 5.91 Å². The van der Waals surface area contributed by atoms with Crippen LogP contribution in [0.5, 0.6) is 0 Å². The van der Waals surface area contributed by atoms with Crippen LogP contribution in [-0.4, -0.2) is 30.8 Å². The molecule has 0 saturated carbocycles. The fourth-order valence-electron chi connectivity index (χ4n) is 2.98. The smallest absolute Gasteiger partial charge is 0.412 e. The van der Waals surface area contributed by atoms with Gasteiger partial charge in [-0.1, -0.05) is 24.3 Å². The summed E-state index contributed by atoms with van der Waals surface area (Å²) in [6.45, 7) is 5.61. The maximum absolute atomic E-state index is 13.0. The summed E-state index contributed by atoms with van der Waals surface area (Å²) in [7, 11) is 1.29. The first-order valence-electron chi connectivity index (χ1n) is 10.5. The number of hydrogen-bond acceptors (Lipinski definition) is 6. The molecule has 2 aromatic carbocycles. The van der Waals surface area contributed by atoms with E-state index in [1.807, 2.05) is 29.6 Å². The van der Waals surface area contributed by atoms with E-state index in [-0.39, 0.29) is 12.5 Å². The molecule has 3 amide bonds. The van der Waals surface area contributed by atoms with Crippen LogP contribution in [0, 0.1) is 0 Å². The van der Waals surface area contributed by atoms with Gasteiger partial charge in [0.1, 0.15) is 5.60 Å². The van der Waals surface area contributed by atoms with Crippen LogP contribution in [0.3, 0.4) is 0 Å². The van der Waals surface area contributed by atoms with Gasteiger partial charge >= 0.3 is 12.2 Å². The lowest BCUT2D eigenvalue weighted by atomic mass is 10.1. The first kappa shape index (κ1) is 24.8. The lowest BCUT2D eigenvalue weighted by molar-refractivity contribution is 0.0635. The van der Waals surface area contributed by atoms with Gasteiger partial charge in [-0.05, 0) is 67.6 Å². The summed E-state index contributed by atoms with van der Waals surface area (Å²) in [6.07, 6.45) is -1.15. The molecule has 0 atom stereocenters. The standard InChI is InChI=1S/C25H27N3O5S/c1-25(2,3)33-24(31)28-19-12-11-18(21-6-5-13-34-21)14-20(19)27-22(29)17-9-7-16(8-10-17)15-26-23(30)32-4/h5-14H,15H2,1-4H3,(H,26,30)(H,27,29)(H,28,31). The maximum Gasteiger partial charge on any atom is 0.412 e. The number of thiophene rings is 1. The summed E-state index contributed by atoms with van der Waals surface area (Å²) in [4.78, 5) is 37.6. The quantitative estimate of drug-likeness (QED) is 0.408. The maximum atomic E-state index is 13.0. The zero-order chi connectivity index (χ0) is 24.7. The van der Waals surface area contributed by atoms with Crippen LogP contribution in [0.2, 0.25) is 0 Å². The second kappa shape index (κ2) is 10.8. The molecule has 0 aliphatic carbocycles. The fraction of sp³-hybridized carbons (Fsp3) is 0.240. The molecule has 0 fully saturated rings. The normalized spacial score (nSPS) is 10.8. The Morgan fingerprint density at radius 1 is 0.912 bits per heavy atom. The lowest BCUT2D eigenvalue weighted by Crippen LogP contribution is -2.27. The van der Waals surface area contributed by atoms with E-state index < -0.39 is 17.8 Å². The average Bonchev–Trinajstić information content (AvgIpc) is 3.32. The molecule has 0 unspecified atom stereocenters. The minimum absolute atomic E-state index is 0.279. The van der Waals surface area contributed by atoms with Crippen LogP contribution in [0.4, 0.5) is 21.0 Å². The first-order valence-corrected chi connectivity index (χ1v) is 11.4. The topological polar surface area (TPSA) is 106 Å². The van der Waals surface area contributed by atoms with E-state index in [1.54, 1.807) is 62.4 Å². The van der Waals surface area contributed by atoms with E-state index in [2.05, 4.69) is 20.7 Å². The van der Waals surface area contributed by atoms with Gasteiger partial charge in [0.05, 0.1) is 18.5 Å². The van der Waals surface area contributed by atoms with Gasteiger partial charge < -0.3 is 20.1 Å². The van der Waals surface area contributed by atoms with Crippen molar-refractivity contribution in [2.45, 2.75) is 32.9 Å². The molecular formula is C25H27N3O5S. The van der Waals surface area contributed by atoms with Crippen LogP contribution >= 0.6 is 11.3 Å². The molecule has 1 heterocycles. The minimum atomic E-state index is -0.658. The number of benzene rings is 2. The summed E-state index contributed by atoms with van der Waals surface area (Å²) in [5.74, 6) is -0.344. The highest BCUT2D eigenvalue weighted by Crippen LogP contribution is 2.32. The summed E-state index contributed by atoms with van der Waals surface area (Å²) in [6, 6.07) is 16.1. The molecular weight excluding hydrogens is 454 g/mol. The molecule has 0 aliphatic rings. The fourth-order valence-corrected chi connectivity index (χ4v) is 3.71. The Bertz CT molecular complexity index is 1150. The predicted molar refractivity (Wildman–Crippen MR) is 133 cm³/mol. The summed E-state index contributed by atoms with van der Waals surface area (Å²) in [5.41, 5.74) is 2.35. The molecule has 3 N–H and O–H groups in total. The van der Waals surface area contributed by atoms with Crippen LogP contribution < -0.4 is 16.0 Å². The third kappa shape index (κ3) is 7.08. The predicted octanol–water partition coefficient (Wildman–Crippen LogP) is 5.87. The summed E-state index contributed by atoms with van der Waals surface area (Å²) >= 11 is 1.57. The van der Waals surface area contributed by atoms with Crippen molar-refractivity contribution in [3.8, 4) is 10.4 Å². The molecule has 3 rings (SSSR count). The van der Waals surface area contributed by atoms with Crippen molar-refractivity contribution < 1.29 is 23.9 Å². The molecule has 34 heavy (non-hydrogen) atoms. The van der Waals surface area contributed by atoms with E-state index in [1.165, 1.54) is 7.11 Å². The third-order valence-corrected chi connectivity index (χ3v) is 5.47. The molecule has 0 bridgehead atoms. The molecule has 0 radical (unpaired) electrons. The number of hydrogen-bond donors (Lipinski definition) is 3. The van der Waals surface area contributed by atoms with Crippen LogP contribution in [-0.2, 0) is 16.0 Å². The number of amides is 3. The molecule has 0 aliphatic heterocycles. The van der Waals surface area contributed by atoms with Crippen molar-refractivity contribution in [2.75, 3.05) is 17.7 Å². The van der Waals surface area contributed by atoms with E-state index in [0.717, 1.165) is 16.0 Å². The highest BCUT2D eigenvalue weighted by molar-refractivity contribution is 7.13. The van der Waals surface area contributed by atoms with Gasteiger partial charge in [-0.25, -0.2) is 9.59 Å². The Morgan fingerprint density at radius 2 is 1.65 bits per heavy atom. The van der Waals surface area contributed by atoms with E-state index >= 15 is 0 Å². The van der Waals surface area contributed by atoms with Crippen molar-refractivity contribution in [3.63, 3.8) is 0 Å². The number of carbonyl (C=O) groups is 3.